The number of amides is 1. The molecule has 110 valence electrons. The molecule has 1 saturated heterocycles. The first-order valence-electron chi connectivity index (χ1n) is 6.98. The molecule has 1 aromatic carbocycles. The second-order valence-corrected chi connectivity index (χ2v) is 5.92. The minimum atomic E-state index is 0.110. The van der Waals surface area contributed by atoms with E-state index in [9.17, 15) is 4.79 Å². The van der Waals surface area contributed by atoms with E-state index in [1.54, 1.807) is 7.11 Å². The first-order chi connectivity index (χ1) is 10.3. The van der Waals surface area contributed by atoms with Crippen molar-refractivity contribution >= 4 is 17.2 Å². The monoisotopic (exact) mass is 302 g/mol. The molecule has 2 aromatic rings. The number of ether oxygens (including phenoxy) is 1. The van der Waals surface area contributed by atoms with E-state index in [1.807, 2.05) is 40.6 Å². The van der Waals surface area contributed by atoms with Gasteiger partial charge in [0.2, 0.25) is 0 Å². The molecular formula is C16H18N2O2S. The van der Waals surface area contributed by atoms with E-state index in [-0.39, 0.29) is 11.9 Å². The van der Waals surface area contributed by atoms with Crippen molar-refractivity contribution in [2.45, 2.75) is 6.04 Å². The third kappa shape index (κ3) is 2.94. The third-order valence-corrected chi connectivity index (χ3v) is 4.57. The van der Waals surface area contributed by atoms with E-state index in [0.29, 0.717) is 6.54 Å². The van der Waals surface area contributed by atoms with Crippen LogP contribution >= 0.6 is 11.3 Å². The zero-order valence-corrected chi connectivity index (χ0v) is 12.7. The Hall–Kier alpha value is -1.85. The maximum atomic E-state index is 12.5. The van der Waals surface area contributed by atoms with Gasteiger partial charge in [-0.3, -0.25) is 4.79 Å². The molecule has 0 unspecified atom stereocenters. The zero-order valence-electron chi connectivity index (χ0n) is 11.9. The summed E-state index contributed by atoms with van der Waals surface area (Å²) in [6, 6.07) is 11.9. The van der Waals surface area contributed by atoms with E-state index in [4.69, 9.17) is 4.74 Å². The maximum Gasteiger partial charge on any atom is 0.264 e. The number of hydrogen-bond acceptors (Lipinski definition) is 4. The molecule has 1 fully saturated rings. The van der Waals surface area contributed by atoms with Crippen LogP contribution in [-0.4, -0.2) is 37.6 Å². The van der Waals surface area contributed by atoms with Gasteiger partial charge in [0.1, 0.15) is 5.75 Å². The van der Waals surface area contributed by atoms with Crippen LogP contribution in [0.3, 0.4) is 0 Å². The highest BCUT2D eigenvalue weighted by Gasteiger charge is 2.26. The minimum absolute atomic E-state index is 0.110. The molecule has 0 aliphatic carbocycles. The van der Waals surface area contributed by atoms with E-state index in [0.717, 1.165) is 29.3 Å². The fraction of sp³-hybridized carbons (Fsp3) is 0.312. The molecule has 0 radical (unpaired) electrons. The molecule has 1 aliphatic rings. The number of carbonyl (C=O) groups is 1. The fourth-order valence-electron chi connectivity index (χ4n) is 2.65. The lowest BCUT2D eigenvalue weighted by Gasteiger charge is -2.34. The molecule has 0 bridgehead atoms. The van der Waals surface area contributed by atoms with Gasteiger partial charge in [-0.15, -0.1) is 11.3 Å². The molecule has 1 amide bonds. The van der Waals surface area contributed by atoms with E-state index < -0.39 is 0 Å². The zero-order chi connectivity index (χ0) is 14.7. The van der Waals surface area contributed by atoms with Gasteiger partial charge in [-0.05, 0) is 17.5 Å². The van der Waals surface area contributed by atoms with Crippen molar-refractivity contribution in [3.05, 3.63) is 52.2 Å². The summed E-state index contributed by atoms with van der Waals surface area (Å²) in [4.78, 5) is 15.2. The highest BCUT2D eigenvalue weighted by molar-refractivity contribution is 7.12. The van der Waals surface area contributed by atoms with Gasteiger partial charge >= 0.3 is 0 Å². The number of carbonyl (C=O) groups excluding carboxylic acids is 1. The highest BCUT2D eigenvalue weighted by atomic mass is 32.1. The number of nitrogens with zero attached hydrogens (tertiary/aromatic N) is 1. The molecule has 1 aromatic heterocycles. The number of thiophene rings is 1. The van der Waals surface area contributed by atoms with Gasteiger partial charge in [-0.25, -0.2) is 0 Å². The predicted molar refractivity (Wildman–Crippen MR) is 84.0 cm³/mol. The van der Waals surface area contributed by atoms with Crippen LogP contribution in [0.5, 0.6) is 5.75 Å². The number of piperazine rings is 1. The number of para-hydroxylation sites is 1. The van der Waals surface area contributed by atoms with Crippen molar-refractivity contribution in [2.24, 2.45) is 0 Å². The van der Waals surface area contributed by atoms with Crippen LogP contribution in [0.1, 0.15) is 21.3 Å². The summed E-state index contributed by atoms with van der Waals surface area (Å²) in [5, 5.41) is 5.41. The molecule has 4 nitrogen and oxygen atoms in total. The fourth-order valence-corrected chi connectivity index (χ4v) is 3.34. The maximum absolute atomic E-state index is 12.5. The van der Waals surface area contributed by atoms with Crippen LogP contribution in [-0.2, 0) is 0 Å². The normalized spacial score (nSPS) is 18.5. The Labute approximate surface area is 128 Å². The first-order valence-corrected chi connectivity index (χ1v) is 7.86. The Kier molecular flexibility index (Phi) is 4.22. The van der Waals surface area contributed by atoms with Gasteiger partial charge in [0.15, 0.2) is 0 Å². The van der Waals surface area contributed by atoms with Gasteiger partial charge in [-0.1, -0.05) is 24.3 Å². The highest BCUT2D eigenvalue weighted by Crippen LogP contribution is 2.27. The lowest BCUT2D eigenvalue weighted by Crippen LogP contribution is -2.48. The molecule has 0 saturated carbocycles. The number of hydrogen-bond donors (Lipinski definition) is 1. The lowest BCUT2D eigenvalue weighted by molar-refractivity contribution is 0.0707. The van der Waals surface area contributed by atoms with Crippen molar-refractivity contribution in [3.63, 3.8) is 0 Å². The quantitative estimate of drug-likeness (QED) is 0.947. The topological polar surface area (TPSA) is 41.6 Å². The van der Waals surface area contributed by atoms with Gasteiger partial charge in [0.25, 0.3) is 5.91 Å². The standard InChI is InChI=1S/C16H18N2O2S/c1-20-14-6-3-2-5-12(14)13-11-18(9-8-17-13)16(19)15-7-4-10-21-15/h2-7,10,13,17H,8-9,11H2,1H3/t13-/m0/s1. The van der Waals surface area contributed by atoms with Crippen LogP contribution in [0.15, 0.2) is 41.8 Å². The Morgan fingerprint density at radius 3 is 2.95 bits per heavy atom. The smallest absolute Gasteiger partial charge is 0.264 e. The van der Waals surface area contributed by atoms with Crippen molar-refractivity contribution < 1.29 is 9.53 Å². The Morgan fingerprint density at radius 2 is 2.19 bits per heavy atom. The summed E-state index contributed by atoms with van der Waals surface area (Å²) < 4.78 is 5.43. The van der Waals surface area contributed by atoms with Crippen molar-refractivity contribution in [1.82, 2.24) is 10.2 Å². The number of nitrogens with one attached hydrogen (secondary N) is 1. The van der Waals surface area contributed by atoms with Crippen molar-refractivity contribution in [2.75, 3.05) is 26.7 Å². The molecule has 1 N–H and O–H groups in total. The van der Waals surface area contributed by atoms with Crippen molar-refractivity contribution in [3.8, 4) is 5.75 Å². The van der Waals surface area contributed by atoms with E-state index >= 15 is 0 Å². The van der Waals surface area contributed by atoms with Crippen LogP contribution in [0.4, 0.5) is 0 Å². The first kappa shape index (κ1) is 14.1. The summed E-state index contributed by atoms with van der Waals surface area (Å²) in [5.41, 5.74) is 1.10. The predicted octanol–water partition coefficient (Wildman–Crippen LogP) is 2.54. The Bertz CT molecular complexity index is 612. The van der Waals surface area contributed by atoms with Crippen LogP contribution in [0.2, 0.25) is 0 Å². The largest absolute Gasteiger partial charge is 0.496 e. The number of benzene rings is 1. The second-order valence-electron chi connectivity index (χ2n) is 4.98. The lowest BCUT2D eigenvalue weighted by atomic mass is 10.0. The van der Waals surface area contributed by atoms with Gasteiger partial charge < -0.3 is 15.0 Å². The van der Waals surface area contributed by atoms with Gasteiger partial charge in [-0.2, -0.15) is 0 Å². The average Bonchev–Trinajstić information content (AvgIpc) is 3.08. The Morgan fingerprint density at radius 1 is 1.33 bits per heavy atom. The molecule has 3 rings (SSSR count). The van der Waals surface area contributed by atoms with Gasteiger partial charge in [0.05, 0.1) is 18.0 Å². The molecular weight excluding hydrogens is 284 g/mol. The number of rotatable bonds is 3. The summed E-state index contributed by atoms with van der Waals surface area (Å²) in [6.45, 7) is 2.19. The third-order valence-electron chi connectivity index (χ3n) is 3.71. The summed E-state index contributed by atoms with van der Waals surface area (Å²) in [6.07, 6.45) is 0. The summed E-state index contributed by atoms with van der Waals surface area (Å²) in [5.74, 6) is 0.979. The van der Waals surface area contributed by atoms with Gasteiger partial charge in [0, 0.05) is 25.2 Å². The molecule has 21 heavy (non-hydrogen) atoms. The average molecular weight is 302 g/mol. The molecule has 5 heteroatoms. The summed E-state index contributed by atoms with van der Waals surface area (Å²) in [7, 11) is 1.68. The number of methoxy groups -OCH3 is 1. The Balaban J connectivity index is 1.78. The van der Waals surface area contributed by atoms with Crippen LogP contribution in [0, 0.1) is 0 Å². The second kappa shape index (κ2) is 6.28. The van der Waals surface area contributed by atoms with Crippen LogP contribution < -0.4 is 10.1 Å². The molecule has 1 aliphatic heterocycles. The van der Waals surface area contributed by atoms with Crippen molar-refractivity contribution in [1.29, 1.82) is 0 Å². The van der Waals surface area contributed by atoms with E-state index in [1.165, 1.54) is 11.3 Å². The summed E-state index contributed by atoms with van der Waals surface area (Å²) >= 11 is 1.49. The molecule has 0 spiro atoms. The SMILES string of the molecule is COc1ccccc1[C@@H]1CN(C(=O)c2cccs2)CCN1. The minimum Gasteiger partial charge on any atom is -0.496 e. The molecule has 2 heterocycles. The molecule has 1 atom stereocenters. The van der Waals surface area contributed by atoms with Crippen LogP contribution in [0.25, 0.3) is 0 Å². The van der Waals surface area contributed by atoms with E-state index in [2.05, 4.69) is 11.4 Å².